The Labute approximate surface area is 69.4 Å². The Hall–Kier alpha value is -0.310. The Bertz CT molecular complexity index is 195. The van der Waals surface area contributed by atoms with Crippen molar-refractivity contribution in [1.82, 2.24) is 9.78 Å². The summed E-state index contributed by atoms with van der Waals surface area (Å²) in [6.45, 7) is 0. The first-order chi connectivity index (χ1) is 4.83. The van der Waals surface area contributed by atoms with Gasteiger partial charge in [-0.25, -0.2) is 0 Å². The summed E-state index contributed by atoms with van der Waals surface area (Å²) in [7, 11) is 1.94. The Balaban J connectivity index is 2.42. The highest BCUT2D eigenvalue weighted by Gasteiger charge is 1.93. The van der Waals surface area contributed by atoms with Crippen LogP contribution < -0.4 is 0 Å². The van der Waals surface area contributed by atoms with E-state index < -0.39 is 0 Å². The van der Waals surface area contributed by atoms with E-state index in [0.29, 0.717) is 0 Å². The Morgan fingerprint density at radius 3 is 3.00 bits per heavy atom. The first-order valence-corrected chi connectivity index (χ1v) is 4.49. The van der Waals surface area contributed by atoms with Gasteiger partial charge in [-0.2, -0.15) is 5.10 Å². The van der Waals surface area contributed by atoms with Crippen LogP contribution in [0.15, 0.2) is 12.3 Å². The van der Waals surface area contributed by atoms with E-state index in [4.69, 9.17) is 0 Å². The van der Waals surface area contributed by atoms with Crippen molar-refractivity contribution in [2.75, 3.05) is 5.33 Å². The molecule has 0 unspecified atom stereocenters. The van der Waals surface area contributed by atoms with E-state index in [1.165, 1.54) is 5.69 Å². The first kappa shape index (κ1) is 7.79. The van der Waals surface area contributed by atoms with Crippen LogP contribution in [0.1, 0.15) is 12.1 Å². The summed E-state index contributed by atoms with van der Waals surface area (Å²) in [5, 5.41) is 5.30. The van der Waals surface area contributed by atoms with Crippen LogP contribution in [0.25, 0.3) is 0 Å². The van der Waals surface area contributed by atoms with Crippen molar-refractivity contribution in [3.63, 3.8) is 0 Å². The highest BCUT2D eigenvalue weighted by Crippen LogP contribution is 2.00. The average molecular weight is 203 g/mol. The van der Waals surface area contributed by atoms with Gasteiger partial charge in [0.1, 0.15) is 0 Å². The van der Waals surface area contributed by atoms with Crippen LogP contribution >= 0.6 is 15.9 Å². The number of rotatable bonds is 3. The number of aryl methyl sites for hydroxylation is 2. The Morgan fingerprint density at radius 2 is 2.50 bits per heavy atom. The molecule has 1 rings (SSSR count). The quantitative estimate of drug-likeness (QED) is 0.684. The Kier molecular flexibility index (Phi) is 2.93. The average Bonchev–Trinajstić information content (AvgIpc) is 2.31. The van der Waals surface area contributed by atoms with Gasteiger partial charge in [0.05, 0.1) is 5.69 Å². The molecular weight excluding hydrogens is 192 g/mol. The fourth-order valence-electron chi connectivity index (χ4n) is 0.844. The van der Waals surface area contributed by atoms with Gasteiger partial charge < -0.3 is 0 Å². The minimum atomic E-state index is 1.06. The summed E-state index contributed by atoms with van der Waals surface area (Å²) in [6, 6.07) is 2.06. The van der Waals surface area contributed by atoms with Crippen LogP contribution in [0.2, 0.25) is 0 Å². The van der Waals surface area contributed by atoms with Crippen LogP contribution in [-0.4, -0.2) is 15.1 Å². The zero-order valence-electron chi connectivity index (χ0n) is 6.05. The van der Waals surface area contributed by atoms with Crippen LogP contribution in [0.3, 0.4) is 0 Å². The second-order valence-corrected chi connectivity index (χ2v) is 3.07. The minimum absolute atomic E-state index is 1.06. The molecule has 0 aliphatic rings. The van der Waals surface area contributed by atoms with Crippen molar-refractivity contribution < 1.29 is 0 Å². The second kappa shape index (κ2) is 3.76. The summed E-state index contributed by atoms with van der Waals surface area (Å²) >= 11 is 3.38. The molecule has 0 aliphatic carbocycles. The van der Waals surface area contributed by atoms with E-state index in [1.807, 2.05) is 17.9 Å². The van der Waals surface area contributed by atoms with Crippen molar-refractivity contribution in [3.8, 4) is 0 Å². The van der Waals surface area contributed by atoms with Gasteiger partial charge in [-0.05, 0) is 18.9 Å². The van der Waals surface area contributed by atoms with Crippen molar-refractivity contribution in [1.29, 1.82) is 0 Å². The summed E-state index contributed by atoms with van der Waals surface area (Å²) in [4.78, 5) is 0. The molecular formula is C7H11BrN2. The van der Waals surface area contributed by atoms with Crippen LogP contribution in [-0.2, 0) is 13.5 Å². The van der Waals surface area contributed by atoms with Crippen molar-refractivity contribution in [2.45, 2.75) is 12.8 Å². The third-order valence-corrected chi connectivity index (χ3v) is 1.90. The monoisotopic (exact) mass is 202 g/mol. The van der Waals surface area contributed by atoms with E-state index in [-0.39, 0.29) is 0 Å². The normalized spacial score (nSPS) is 10.2. The smallest absolute Gasteiger partial charge is 0.0624 e. The van der Waals surface area contributed by atoms with Gasteiger partial charge in [0.15, 0.2) is 0 Å². The molecule has 0 atom stereocenters. The highest BCUT2D eigenvalue weighted by molar-refractivity contribution is 9.09. The molecule has 0 aliphatic heterocycles. The number of hydrogen-bond acceptors (Lipinski definition) is 1. The first-order valence-electron chi connectivity index (χ1n) is 3.37. The lowest BCUT2D eigenvalue weighted by Crippen LogP contribution is -1.91. The fourth-order valence-corrected chi connectivity index (χ4v) is 1.12. The molecule has 0 bridgehead atoms. The predicted octanol–water partition coefficient (Wildman–Crippen LogP) is 1.75. The minimum Gasteiger partial charge on any atom is -0.276 e. The largest absolute Gasteiger partial charge is 0.276 e. The molecule has 10 heavy (non-hydrogen) atoms. The molecule has 1 aromatic rings. The maximum absolute atomic E-state index is 4.24. The molecule has 0 N–H and O–H groups in total. The molecule has 0 fully saturated rings. The van der Waals surface area contributed by atoms with Crippen LogP contribution in [0.4, 0.5) is 0 Å². The fraction of sp³-hybridized carbons (Fsp3) is 0.571. The summed E-state index contributed by atoms with van der Waals surface area (Å²) in [6.07, 6.45) is 4.21. The molecule has 1 aromatic heterocycles. The van der Waals surface area contributed by atoms with E-state index in [9.17, 15) is 0 Å². The van der Waals surface area contributed by atoms with E-state index in [2.05, 4.69) is 27.1 Å². The molecule has 3 heteroatoms. The van der Waals surface area contributed by atoms with Gasteiger partial charge in [-0.3, -0.25) is 4.68 Å². The van der Waals surface area contributed by atoms with Crippen molar-refractivity contribution in [2.24, 2.45) is 7.05 Å². The standard InChI is InChI=1S/C7H11BrN2/c1-10-6-4-7(9-10)3-2-5-8/h4,6H,2-3,5H2,1H3. The molecule has 0 saturated heterocycles. The third kappa shape index (κ3) is 2.14. The third-order valence-electron chi connectivity index (χ3n) is 1.34. The van der Waals surface area contributed by atoms with Crippen LogP contribution in [0, 0.1) is 0 Å². The molecule has 1 heterocycles. The van der Waals surface area contributed by atoms with Crippen molar-refractivity contribution >= 4 is 15.9 Å². The lowest BCUT2D eigenvalue weighted by molar-refractivity contribution is 0.735. The molecule has 2 nitrogen and oxygen atoms in total. The summed E-state index contributed by atoms with van der Waals surface area (Å²) < 4.78 is 1.84. The number of aromatic nitrogens is 2. The lowest BCUT2D eigenvalue weighted by atomic mass is 10.3. The topological polar surface area (TPSA) is 17.8 Å². The molecule has 0 aromatic carbocycles. The Morgan fingerprint density at radius 1 is 1.70 bits per heavy atom. The van der Waals surface area contributed by atoms with E-state index in [1.54, 1.807) is 0 Å². The molecule has 56 valence electrons. The van der Waals surface area contributed by atoms with Gasteiger partial charge in [-0.15, -0.1) is 0 Å². The van der Waals surface area contributed by atoms with E-state index >= 15 is 0 Å². The van der Waals surface area contributed by atoms with Crippen molar-refractivity contribution in [3.05, 3.63) is 18.0 Å². The van der Waals surface area contributed by atoms with Gasteiger partial charge in [0.25, 0.3) is 0 Å². The summed E-state index contributed by atoms with van der Waals surface area (Å²) in [5.41, 5.74) is 1.18. The lowest BCUT2D eigenvalue weighted by Gasteiger charge is -1.90. The van der Waals surface area contributed by atoms with Gasteiger partial charge in [-0.1, -0.05) is 15.9 Å². The number of halogens is 1. The number of nitrogens with zero attached hydrogens (tertiary/aromatic N) is 2. The molecule has 0 radical (unpaired) electrons. The zero-order valence-corrected chi connectivity index (χ0v) is 7.63. The van der Waals surface area contributed by atoms with Gasteiger partial charge >= 0.3 is 0 Å². The SMILES string of the molecule is Cn1ccc(CCCBr)n1. The second-order valence-electron chi connectivity index (χ2n) is 2.27. The van der Waals surface area contributed by atoms with Gasteiger partial charge in [0, 0.05) is 18.6 Å². The maximum atomic E-state index is 4.24. The summed E-state index contributed by atoms with van der Waals surface area (Å²) in [5.74, 6) is 0. The maximum Gasteiger partial charge on any atom is 0.0624 e. The molecule has 0 spiro atoms. The number of hydrogen-bond donors (Lipinski definition) is 0. The van der Waals surface area contributed by atoms with Crippen LogP contribution in [0.5, 0.6) is 0 Å². The predicted molar refractivity (Wildman–Crippen MR) is 45.3 cm³/mol. The molecule has 0 amide bonds. The zero-order chi connectivity index (χ0) is 7.40. The highest BCUT2D eigenvalue weighted by atomic mass is 79.9. The number of alkyl halides is 1. The van der Waals surface area contributed by atoms with E-state index in [0.717, 1.165) is 18.2 Å². The molecule has 0 saturated carbocycles. The van der Waals surface area contributed by atoms with Gasteiger partial charge in [0.2, 0.25) is 0 Å².